The van der Waals surface area contributed by atoms with Crippen LogP contribution in [0.15, 0.2) is 36.8 Å². The normalized spacial score (nSPS) is 27.3. The van der Waals surface area contributed by atoms with Gasteiger partial charge in [0.25, 0.3) is 0 Å². The number of rotatable bonds is 5. The number of pyridine rings is 1. The maximum atomic E-state index is 13.1. The van der Waals surface area contributed by atoms with Crippen LogP contribution >= 0.6 is 0 Å². The van der Waals surface area contributed by atoms with Crippen molar-refractivity contribution >= 4 is 11.7 Å². The quantitative estimate of drug-likeness (QED) is 0.757. The summed E-state index contributed by atoms with van der Waals surface area (Å²) >= 11 is 0. The summed E-state index contributed by atoms with van der Waals surface area (Å²) < 4.78 is 1.83. The van der Waals surface area contributed by atoms with Gasteiger partial charge in [-0.1, -0.05) is 6.07 Å². The van der Waals surface area contributed by atoms with Gasteiger partial charge in [0.05, 0.1) is 6.20 Å². The molecule has 0 bridgehead atoms. The van der Waals surface area contributed by atoms with E-state index in [0.29, 0.717) is 17.7 Å². The maximum Gasteiger partial charge on any atom is 0.226 e. The Morgan fingerprint density at radius 3 is 2.77 bits per heavy atom. The fourth-order valence-corrected chi connectivity index (χ4v) is 5.18. The van der Waals surface area contributed by atoms with Crippen LogP contribution in [0.25, 0.3) is 0 Å². The largest absolute Gasteiger partial charge is 0.354 e. The van der Waals surface area contributed by atoms with E-state index in [2.05, 4.69) is 43.1 Å². The van der Waals surface area contributed by atoms with E-state index in [9.17, 15) is 4.79 Å². The molecule has 0 spiro atoms. The van der Waals surface area contributed by atoms with Crippen molar-refractivity contribution in [3.63, 3.8) is 0 Å². The van der Waals surface area contributed by atoms with Crippen LogP contribution in [-0.2, 0) is 11.8 Å². The van der Waals surface area contributed by atoms with Crippen molar-refractivity contribution in [1.29, 1.82) is 0 Å². The van der Waals surface area contributed by atoms with Crippen LogP contribution in [0.5, 0.6) is 0 Å². The number of piperazine rings is 1. The number of amides is 1. The third kappa shape index (κ3) is 4.21. The summed E-state index contributed by atoms with van der Waals surface area (Å²) in [5, 5.41) is 4.26. The number of anilines is 1. The molecule has 30 heavy (non-hydrogen) atoms. The summed E-state index contributed by atoms with van der Waals surface area (Å²) in [5.41, 5.74) is 1.22. The molecule has 5 rings (SSSR count). The average Bonchev–Trinajstić information content (AvgIpc) is 3.47. The van der Waals surface area contributed by atoms with E-state index in [1.165, 1.54) is 12.0 Å². The molecule has 3 unspecified atom stereocenters. The molecule has 4 heterocycles. The zero-order chi connectivity index (χ0) is 20.5. The summed E-state index contributed by atoms with van der Waals surface area (Å²) in [7, 11) is 1.94. The molecule has 2 aliphatic heterocycles. The molecule has 1 amide bonds. The van der Waals surface area contributed by atoms with Crippen molar-refractivity contribution in [2.24, 2.45) is 18.9 Å². The number of nitrogens with zero attached hydrogens (tertiary/aromatic N) is 6. The van der Waals surface area contributed by atoms with E-state index in [4.69, 9.17) is 0 Å². The van der Waals surface area contributed by atoms with Gasteiger partial charge in [0.15, 0.2) is 0 Å². The van der Waals surface area contributed by atoms with Crippen LogP contribution in [0.3, 0.4) is 0 Å². The lowest BCUT2D eigenvalue weighted by molar-refractivity contribution is -0.134. The van der Waals surface area contributed by atoms with E-state index in [-0.39, 0.29) is 5.92 Å². The molecular weight excluding hydrogens is 376 g/mol. The first-order valence-corrected chi connectivity index (χ1v) is 11.3. The molecule has 0 N–H and O–H groups in total. The highest BCUT2D eigenvalue weighted by Gasteiger charge is 2.46. The highest BCUT2D eigenvalue weighted by atomic mass is 16.2. The highest BCUT2D eigenvalue weighted by Crippen LogP contribution is 2.48. The second-order valence-corrected chi connectivity index (χ2v) is 9.16. The van der Waals surface area contributed by atoms with Gasteiger partial charge in [0.1, 0.15) is 5.82 Å². The predicted molar refractivity (Wildman–Crippen MR) is 116 cm³/mol. The van der Waals surface area contributed by atoms with Crippen molar-refractivity contribution in [3.8, 4) is 0 Å². The molecule has 1 aliphatic carbocycles. The summed E-state index contributed by atoms with van der Waals surface area (Å²) in [6.45, 7) is 7.17. The maximum absolute atomic E-state index is 13.1. The third-order valence-corrected chi connectivity index (χ3v) is 6.95. The summed E-state index contributed by atoms with van der Waals surface area (Å²) in [6, 6.07) is 6.12. The van der Waals surface area contributed by atoms with Crippen LogP contribution < -0.4 is 4.90 Å². The van der Waals surface area contributed by atoms with Gasteiger partial charge in [-0.15, -0.1) is 0 Å². The number of carbonyl (C=O) groups excluding carboxylic acids is 1. The lowest BCUT2D eigenvalue weighted by atomic mass is 9.96. The van der Waals surface area contributed by atoms with Gasteiger partial charge in [0.2, 0.25) is 5.91 Å². The summed E-state index contributed by atoms with van der Waals surface area (Å²) in [4.78, 5) is 24.6. The Morgan fingerprint density at radius 2 is 2.03 bits per heavy atom. The van der Waals surface area contributed by atoms with Crippen molar-refractivity contribution < 1.29 is 4.79 Å². The third-order valence-electron chi connectivity index (χ3n) is 6.95. The van der Waals surface area contributed by atoms with E-state index in [0.717, 1.165) is 64.5 Å². The fraction of sp³-hybridized carbons (Fsp3) is 0.609. The molecule has 3 aliphatic rings. The predicted octanol–water partition coefficient (Wildman–Crippen LogP) is 1.98. The Kier molecular flexibility index (Phi) is 5.46. The smallest absolute Gasteiger partial charge is 0.226 e. The van der Waals surface area contributed by atoms with E-state index < -0.39 is 0 Å². The van der Waals surface area contributed by atoms with Gasteiger partial charge < -0.3 is 9.80 Å². The van der Waals surface area contributed by atoms with E-state index in [1.54, 1.807) is 0 Å². The lowest BCUT2D eigenvalue weighted by Crippen LogP contribution is -2.50. The Labute approximate surface area is 178 Å². The van der Waals surface area contributed by atoms with E-state index >= 15 is 0 Å². The monoisotopic (exact) mass is 408 g/mol. The number of likely N-dealkylation sites (tertiary alicyclic amines) is 1. The van der Waals surface area contributed by atoms with Crippen LogP contribution in [0.2, 0.25) is 0 Å². The number of aryl methyl sites for hydroxylation is 1. The number of piperidine rings is 1. The second-order valence-electron chi connectivity index (χ2n) is 9.16. The molecule has 7 nitrogen and oxygen atoms in total. The van der Waals surface area contributed by atoms with Gasteiger partial charge in [-0.05, 0) is 48.8 Å². The first kappa shape index (κ1) is 19.5. The van der Waals surface area contributed by atoms with Crippen molar-refractivity contribution in [2.75, 3.05) is 50.7 Å². The SMILES string of the molecule is Cn1cc(C2CC2C(=O)N2CCCC(CN3CCN(c4ccccn4)CC3)C2)cn1. The molecule has 0 aromatic carbocycles. The van der Waals surface area contributed by atoms with Crippen LogP contribution in [-0.4, -0.2) is 76.3 Å². The zero-order valence-electron chi connectivity index (χ0n) is 17.9. The Bertz CT molecular complexity index is 860. The molecule has 3 fully saturated rings. The van der Waals surface area contributed by atoms with Crippen LogP contribution in [0.1, 0.15) is 30.7 Å². The second kappa shape index (κ2) is 8.38. The van der Waals surface area contributed by atoms with Crippen molar-refractivity contribution in [3.05, 3.63) is 42.4 Å². The number of aromatic nitrogens is 3. The standard InChI is InChI=1S/C23H32N6O/c1-26-17-19(14-25-26)20-13-21(20)23(30)29-8-4-5-18(16-29)15-27-9-11-28(12-10-27)22-6-2-3-7-24-22/h2-3,6-7,14,17-18,20-21H,4-5,8-13,15-16H2,1H3. The molecule has 2 aromatic rings. The summed E-state index contributed by atoms with van der Waals surface area (Å²) in [5.74, 6) is 2.61. The number of carbonyl (C=O) groups is 1. The molecule has 3 atom stereocenters. The van der Waals surface area contributed by atoms with Gasteiger partial charge in [0, 0.05) is 71.2 Å². The van der Waals surface area contributed by atoms with Crippen molar-refractivity contribution in [2.45, 2.75) is 25.2 Å². The molecule has 2 aromatic heterocycles. The minimum Gasteiger partial charge on any atom is -0.354 e. The Hall–Kier alpha value is -2.41. The topological polar surface area (TPSA) is 57.5 Å². The minimum atomic E-state index is 0.176. The van der Waals surface area contributed by atoms with E-state index in [1.807, 2.05) is 30.2 Å². The number of hydrogen-bond donors (Lipinski definition) is 0. The average molecular weight is 409 g/mol. The molecule has 0 radical (unpaired) electrons. The first-order valence-electron chi connectivity index (χ1n) is 11.3. The van der Waals surface area contributed by atoms with Gasteiger partial charge in [-0.3, -0.25) is 14.4 Å². The zero-order valence-corrected chi connectivity index (χ0v) is 17.9. The van der Waals surface area contributed by atoms with Gasteiger partial charge >= 0.3 is 0 Å². The molecule has 7 heteroatoms. The molecule has 1 saturated carbocycles. The lowest BCUT2D eigenvalue weighted by Gasteiger charge is -2.39. The van der Waals surface area contributed by atoms with Gasteiger partial charge in [-0.25, -0.2) is 4.98 Å². The molecular formula is C23H32N6O. The minimum absolute atomic E-state index is 0.176. The van der Waals surface area contributed by atoms with Gasteiger partial charge in [-0.2, -0.15) is 5.10 Å². The van der Waals surface area contributed by atoms with Crippen LogP contribution in [0, 0.1) is 11.8 Å². The Balaban J connectivity index is 1.10. The highest BCUT2D eigenvalue weighted by molar-refractivity contribution is 5.83. The summed E-state index contributed by atoms with van der Waals surface area (Å²) in [6.07, 6.45) is 9.20. The fourth-order valence-electron chi connectivity index (χ4n) is 5.18. The first-order chi connectivity index (χ1) is 14.7. The molecule has 2 saturated heterocycles. The van der Waals surface area contributed by atoms with Crippen molar-refractivity contribution in [1.82, 2.24) is 24.6 Å². The Morgan fingerprint density at radius 1 is 1.17 bits per heavy atom. The number of hydrogen-bond acceptors (Lipinski definition) is 5. The van der Waals surface area contributed by atoms with Crippen LogP contribution in [0.4, 0.5) is 5.82 Å². The molecule has 160 valence electrons.